The second-order valence-corrected chi connectivity index (χ2v) is 3.82. The number of aromatic nitrogens is 1. The number of amides is 1. The SMILES string of the molecule is O=C(Nc1cnoc1)c1cccc2c1OCCN2. The van der Waals surface area contributed by atoms with E-state index in [0.29, 0.717) is 23.6 Å². The lowest BCUT2D eigenvalue weighted by molar-refractivity contribution is 0.102. The van der Waals surface area contributed by atoms with Gasteiger partial charge in [-0.1, -0.05) is 11.2 Å². The number of nitrogens with zero attached hydrogens (tertiary/aromatic N) is 1. The molecule has 2 aromatic rings. The van der Waals surface area contributed by atoms with Crippen molar-refractivity contribution in [1.29, 1.82) is 0 Å². The van der Waals surface area contributed by atoms with Crippen molar-refractivity contribution in [2.45, 2.75) is 0 Å². The number of rotatable bonds is 2. The van der Waals surface area contributed by atoms with Crippen molar-refractivity contribution in [3.8, 4) is 5.75 Å². The van der Waals surface area contributed by atoms with Crippen LogP contribution < -0.4 is 15.4 Å². The molecule has 2 N–H and O–H groups in total. The summed E-state index contributed by atoms with van der Waals surface area (Å²) in [6, 6.07) is 5.41. The zero-order valence-corrected chi connectivity index (χ0v) is 9.47. The van der Waals surface area contributed by atoms with E-state index in [9.17, 15) is 4.79 Å². The third-order valence-corrected chi connectivity index (χ3v) is 2.61. The molecule has 3 rings (SSSR count). The number of ether oxygens (including phenoxy) is 1. The monoisotopic (exact) mass is 245 g/mol. The van der Waals surface area contributed by atoms with Gasteiger partial charge in [0.05, 0.1) is 17.4 Å². The van der Waals surface area contributed by atoms with E-state index in [-0.39, 0.29) is 5.91 Å². The van der Waals surface area contributed by atoms with Gasteiger partial charge in [0.1, 0.15) is 18.6 Å². The fourth-order valence-corrected chi connectivity index (χ4v) is 1.81. The van der Waals surface area contributed by atoms with Crippen LogP contribution in [-0.4, -0.2) is 24.2 Å². The van der Waals surface area contributed by atoms with Crippen LogP contribution in [0.3, 0.4) is 0 Å². The summed E-state index contributed by atoms with van der Waals surface area (Å²) in [6.45, 7) is 1.29. The summed E-state index contributed by atoms with van der Waals surface area (Å²) in [6.07, 6.45) is 2.80. The summed E-state index contributed by atoms with van der Waals surface area (Å²) < 4.78 is 10.2. The highest BCUT2D eigenvalue weighted by Gasteiger charge is 2.19. The lowest BCUT2D eigenvalue weighted by atomic mass is 10.1. The third kappa shape index (κ3) is 1.88. The molecule has 0 spiro atoms. The Balaban J connectivity index is 1.89. The summed E-state index contributed by atoms with van der Waals surface area (Å²) in [7, 11) is 0. The van der Waals surface area contributed by atoms with Crippen LogP contribution in [0.1, 0.15) is 10.4 Å². The molecule has 6 heteroatoms. The summed E-state index contributed by atoms with van der Waals surface area (Å²) in [4.78, 5) is 12.1. The molecular weight excluding hydrogens is 234 g/mol. The van der Waals surface area contributed by atoms with Crippen LogP contribution in [0.25, 0.3) is 0 Å². The minimum atomic E-state index is -0.251. The number of carbonyl (C=O) groups is 1. The van der Waals surface area contributed by atoms with E-state index in [4.69, 9.17) is 4.74 Å². The highest BCUT2D eigenvalue weighted by Crippen LogP contribution is 2.31. The molecule has 0 saturated carbocycles. The maximum atomic E-state index is 12.1. The molecule has 2 heterocycles. The average molecular weight is 245 g/mol. The molecule has 0 atom stereocenters. The minimum absolute atomic E-state index is 0.251. The molecule has 0 unspecified atom stereocenters. The summed E-state index contributed by atoms with van der Waals surface area (Å²) in [5.74, 6) is 0.330. The van der Waals surface area contributed by atoms with Gasteiger partial charge in [0.15, 0.2) is 5.75 Å². The molecule has 1 aromatic heterocycles. The van der Waals surface area contributed by atoms with Crippen molar-refractivity contribution in [3.63, 3.8) is 0 Å². The Bertz CT molecular complexity index is 566. The van der Waals surface area contributed by atoms with Crippen molar-refractivity contribution >= 4 is 17.3 Å². The number of hydrogen-bond acceptors (Lipinski definition) is 5. The third-order valence-electron chi connectivity index (χ3n) is 2.61. The van der Waals surface area contributed by atoms with Crippen molar-refractivity contribution in [2.24, 2.45) is 0 Å². The van der Waals surface area contributed by atoms with Gasteiger partial charge < -0.3 is 19.9 Å². The Morgan fingerprint density at radius 3 is 3.22 bits per heavy atom. The number of para-hydroxylation sites is 1. The quantitative estimate of drug-likeness (QED) is 0.842. The van der Waals surface area contributed by atoms with Gasteiger partial charge in [0.2, 0.25) is 0 Å². The Kier molecular flexibility index (Phi) is 2.60. The first-order valence-electron chi connectivity index (χ1n) is 5.55. The number of hydrogen-bond donors (Lipinski definition) is 2. The molecule has 1 amide bonds. The van der Waals surface area contributed by atoms with E-state index in [1.54, 1.807) is 6.07 Å². The smallest absolute Gasteiger partial charge is 0.259 e. The Morgan fingerprint density at radius 1 is 1.44 bits per heavy atom. The number of carbonyl (C=O) groups excluding carboxylic acids is 1. The largest absolute Gasteiger partial charge is 0.489 e. The van der Waals surface area contributed by atoms with E-state index in [0.717, 1.165) is 12.2 Å². The Hall–Kier alpha value is -2.50. The maximum absolute atomic E-state index is 12.1. The van der Waals surface area contributed by atoms with Gasteiger partial charge in [0.25, 0.3) is 5.91 Å². The van der Waals surface area contributed by atoms with Gasteiger partial charge in [-0.2, -0.15) is 0 Å². The molecule has 0 bridgehead atoms. The Labute approximate surface area is 103 Å². The second kappa shape index (κ2) is 4.40. The van der Waals surface area contributed by atoms with Gasteiger partial charge >= 0.3 is 0 Å². The Morgan fingerprint density at radius 2 is 2.39 bits per heavy atom. The topological polar surface area (TPSA) is 76.4 Å². The fraction of sp³-hybridized carbons (Fsp3) is 0.167. The average Bonchev–Trinajstić information content (AvgIpc) is 2.91. The first-order chi connectivity index (χ1) is 8.84. The van der Waals surface area contributed by atoms with E-state index in [1.807, 2.05) is 12.1 Å². The van der Waals surface area contributed by atoms with E-state index < -0.39 is 0 Å². The van der Waals surface area contributed by atoms with Gasteiger partial charge in [-0.25, -0.2) is 0 Å². The molecule has 1 aromatic carbocycles. The number of anilines is 2. The zero-order valence-electron chi connectivity index (χ0n) is 9.47. The normalized spacial score (nSPS) is 13.1. The van der Waals surface area contributed by atoms with Crippen molar-refractivity contribution in [1.82, 2.24) is 5.16 Å². The van der Waals surface area contributed by atoms with Crippen molar-refractivity contribution in [3.05, 3.63) is 36.2 Å². The molecule has 6 nitrogen and oxygen atoms in total. The van der Waals surface area contributed by atoms with E-state index >= 15 is 0 Å². The van der Waals surface area contributed by atoms with Gasteiger partial charge in [-0.3, -0.25) is 4.79 Å². The molecule has 1 aliphatic rings. The lowest BCUT2D eigenvalue weighted by Crippen LogP contribution is -2.21. The number of fused-ring (bicyclic) bond motifs is 1. The van der Waals surface area contributed by atoms with Gasteiger partial charge in [-0.05, 0) is 12.1 Å². The number of nitrogens with one attached hydrogen (secondary N) is 2. The molecule has 0 aliphatic carbocycles. The predicted octanol–water partition coefficient (Wildman–Crippen LogP) is 1.73. The molecule has 0 radical (unpaired) electrons. The van der Waals surface area contributed by atoms with Crippen molar-refractivity contribution < 1.29 is 14.1 Å². The van der Waals surface area contributed by atoms with Gasteiger partial charge in [0, 0.05) is 6.54 Å². The fourth-order valence-electron chi connectivity index (χ4n) is 1.81. The predicted molar refractivity (Wildman–Crippen MR) is 64.9 cm³/mol. The van der Waals surface area contributed by atoms with Crippen LogP contribution in [0.2, 0.25) is 0 Å². The maximum Gasteiger partial charge on any atom is 0.259 e. The first-order valence-corrected chi connectivity index (χ1v) is 5.55. The number of benzene rings is 1. The summed E-state index contributed by atoms with van der Waals surface area (Å²) in [5.41, 5.74) is 1.83. The van der Waals surface area contributed by atoms with E-state index in [2.05, 4.69) is 20.3 Å². The van der Waals surface area contributed by atoms with E-state index in [1.165, 1.54) is 12.5 Å². The molecule has 1 aliphatic heterocycles. The zero-order chi connectivity index (χ0) is 12.4. The second-order valence-electron chi connectivity index (χ2n) is 3.82. The van der Waals surface area contributed by atoms with Crippen LogP contribution in [-0.2, 0) is 0 Å². The molecule has 18 heavy (non-hydrogen) atoms. The molecule has 92 valence electrons. The molecule has 0 fully saturated rings. The first kappa shape index (κ1) is 10.6. The van der Waals surface area contributed by atoms with Crippen LogP contribution >= 0.6 is 0 Å². The highest BCUT2D eigenvalue weighted by molar-refractivity contribution is 6.07. The standard InChI is InChI=1S/C12H11N3O3/c16-12(15-8-6-14-18-7-8)9-2-1-3-10-11(9)17-5-4-13-10/h1-3,6-7,13H,4-5H2,(H,15,16). The summed E-state index contributed by atoms with van der Waals surface area (Å²) >= 11 is 0. The highest BCUT2D eigenvalue weighted by atomic mass is 16.5. The van der Waals surface area contributed by atoms with Crippen LogP contribution in [0.5, 0.6) is 5.75 Å². The van der Waals surface area contributed by atoms with Gasteiger partial charge in [-0.15, -0.1) is 0 Å². The lowest BCUT2D eigenvalue weighted by Gasteiger charge is -2.21. The van der Waals surface area contributed by atoms with Crippen molar-refractivity contribution in [2.75, 3.05) is 23.8 Å². The van der Waals surface area contributed by atoms with Crippen LogP contribution in [0.4, 0.5) is 11.4 Å². The summed E-state index contributed by atoms with van der Waals surface area (Å²) in [5, 5.41) is 9.39. The molecular formula is C12H11N3O3. The molecule has 0 saturated heterocycles. The van der Waals surface area contributed by atoms with Crippen LogP contribution in [0, 0.1) is 0 Å². The minimum Gasteiger partial charge on any atom is -0.489 e. The van der Waals surface area contributed by atoms with Crippen LogP contribution in [0.15, 0.2) is 35.2 Å².